The summed E-state index contributed by atoms with van der Waals surface area (Å²) in [6, 6.07) is 1.66. The van der Waals surface area contributed by atoms with Crippen LogP contribution >= 0.6 is 23.2 Å². The summed E-state index contributed by atoms with van der Waals surface area (Å²) in [5.74, 6) is -0.199. The monoisotopic (exact) mass is 285 g/mol. The van der Waals surface area contributed by atoms with E-state index in [1.807, 2.05) is 0 Å². The van der Waals surface area contributed by atoms with Gasteiger partial charge in [0.05, 0.1) is 5.69 Å². The van der Waals surface area contributed by atoms with E-state index in [1.165, 1.54) is 11.0 Å². The molecule has 0 aliphatic carbocycles. The highest BCUT2D eigenvalue weighted by atomic mass is 35.5. The van der Waals surface area contributed by atoms with E-state index in [4.69, 9.17) is 23.2 Å². The van der Waals surface area contributed by atoms with Gasteiger partial charge in [0.25, 0.3) is 5.91 Å². The number of amides is 1. The van der Waals surface area contributed by atoms with Gasteiger partial charge in [-0.1, -0.05) is 23.2 Å². The Morgan fingerprint density at radius 2 is 2.11 bits per heavy atom. The molecule has 1 amide bonds. The number of nitrogens with zero attached hydrogens (tertiary/aromatic N) is 4. The number of rotatable bonds is 2. The highest BCUT2D eigenvalue weighted by Gasteiger charge is 2.15. The van der Waals surface area contributed by atoms with Gasteiger partial charge < -0.3 is 5.32 Å². The maximum Gasteiger partial charge on any atom is 0.275 e. The smallest absolute Gasteiger partial charge is 0.275 e. The fraction of sp³-hybridized carbons (Fsp3) is 0.200. The molecule has 0 aliphatic heterocycles. The minimum absolute atomic E-state index is 0.0863. The molecule has 0 atom stereocenters. The fourth-order valence-electron chi connectivity index (χ4n) is 1.43. The zero-order valence-electron chi connectivity index (χ0n) is 9.61. The molecule has 0 saturated heterocycles. The predicted octanol–water partition coefficient (Wildman–Crippen LogP) is 2.08. The summed E-state index contributed by atoms with van der Waals surface area (Å²) in [5, 5.41) is 6.82. The van der Waals surface area contributed by atoms with Crippen molar-refractivity contribution in [2.24, 2.45) is 7.05 Å². The molecule has 2 rings (SSSR count). The summed E-state index contributed by atoms with van der Waals surface area (Å²) in [6.07, 6.45) is 1.22. The SMILES string of the molecule is Cc1cc(C(=O)Nc2ncnc(Cl)c2Cl)n(C)n1. The standard InChI is InChI=1S/C10H9Cl2N5O/c1-5-3-6(17(2)16-5)10(18)15-9-7(11)8(12)13-4-14-9/h3-4H,1-2H3,(H,13,14,15,18). The van der Waals surface area contributed by atoms with Crippen molar-refractivity contribution in [3.8, 4) is 0 Å². The normalized spacial score (nSPS) is 10.4. The lowest BCUT2D eigenvalue weighted by molar-refractivity contribution is 0.101. The summed E-state index contributed by atoms with van der Waals surface area (Å²) in [5.41, 5.74) is 1.15. The average molecular weight is 286 g/mol. The molecular formula is C10H9Cl2N5O. The Kier molecular flexibility index (Phi) is 3.49. The van der Waals surface area contributed by atoms with Crippen LogP contribution in [0.3, 0.4) is 0 Å². The molecular weight excluding hydrogens is 277 g/mol. The largest absolute Gasteiger partial charge is 0.304 e. The second-order valence-electron chi connectivity index (χ2n) is 3.58. The van der Waals surface area contributed by atoms with Crippen LogP contribution in [0.4, 0.5) is 5.82 Å². The van der Waals surface area contributed by atoms with Crippen molar-refractivity contribution in [3.63, 3.8) is 0 Å². The molecule has 0 bridgehead atoms. The zero-order chi connectivity index (χ0) is 13.3. The highest BCUT2D eigenvalue weighted by Crippen LogP contribution is 2.25. The first-order valence-electron chi connectivity index (χ1n) is 4.97. The van der Waals surface area contributed by atoms with Crippen molar-refractivity contribution in [1.29, 1.82) is 0 Å². The van der Waals surface area contributed by atoms with Gasteiger partial charge in [0.2, 0.25) is 0 Å². The Morgan fingerprint density at radius 3 is 2.72 bits per heavy atom. The van der Waals surface area contributed by atoms with Crippen molar-refractivity contribution >= 4 is 34.9 Å². The maximum atomic E-state index is 12.0. The third kappa shape index (κ3) is 2.44. The molecule has 18 heavy (non-hydrogen) atoms. The van der Waals surface area contributed by atoms with Gasteiger partial charge in [-0.25, -0.2) is 9.97 Å². The van der Waals surface area contributed by atoms with E-state index >= 15 is 0 Å². The van der Waals surface area contributed by atoms with Crippen LogP contribution in [0.5, 0.6) is 0 Å². The van der Waals surface area contributed by atoms with Gasteiger partial charge in [-0.15, -0.1) is 0 Å². The molecule has 8 heteroatoms. The molecule has 0 saturated carbocycles. The third-order valence-electron chi connectivity index (χ3n) is 2.21. The Hall–Kier alpha value is -1.66. The van der Waals surface area contributed by atoms with Crippen LogP contribution in [0.2, 0.25) is 10.2 Å². The van der Waals surface area contributed by atoms with Crippen molar-refractivity contribution in [3.05, 3.63) is 34.0 Å². The van der Waals surface area contributed by atoms with Crippen molar-refractivity contribution in [1.82, 2.24) is 19.7 Å². The van der Waals surface area contributed by atoms with E-state index in [-0.39, 0.29) is 21.9 Å². The number of hydrogen-bond acceptors (Lipinski definition) is 4. The molecule has 0 aromatic carbocycles. The van der Waals surface area contributed by atoms with Gasteiger partial charge in [0.15, 0.2) is 11.0 Å². The highest BCUT2D eigenvalue weighted by molar-refractivity contribution is 6.43. The summed E-state index contributed by atoms with van der Waals surface area (Å²) >= 11 is 11.6. The Balaban J connectivity index is 2.27. The van der Waals surface area contributed by atoms with E-state index in [2.05, 4.69) is 20.4 Å². The molecule has 0 aliphatic rings. The molecule has 0 fully saturated rings. The van der Waals surface area contributed by atoms with Gasteiger partial charge in [-0.3, -0.25) is 9.48 Å². The third-order valence-corrected chi connectivity index (χ3v) is 2.95. The van der Waals surface area contributed by atoms with Crippen LogP contribution in [-0.2, 0) is 7.05 Å². The molecule has 0 spiro atoms. The molecule has 2 heterocycles. The topological polar surface area (TPSA) is 72.7 Å². The van der Waals surface area contributed by atoms with Gasteiger partial charge in [0.1, 0.15) is 17.0 Å². The number of anilines is 1. The first-order valence-corrected chi connectivity index (χ1v) is 5.72. The van der Waals surface area contributed by atoms with Gasteiger partial charge >= 0.3 is 0 Å². The molecule has 6 nitrogen and oxygen atoms in total. The number of halogens is 2. The average Bonchev–Trinajstić information content (AvgIpc) is 2.64. The lowest BCUT2D eigenvalue weighted by atomic mass is 10.3. The van der Waals surface area contributed by atoms with Gasteiger partial charge in [-0.05, 0) is 13.0 Å². The van der Waals surface area contributed by atoms with E-state index in [1.54, 1.807) is 20.0 Å². The Bertz CT molecular complexity index is 610. The van der Waals surface area contributed by atoms with Crippen LogP contribution in [0.1, 0.15) is 16.2 Å². The van der Waals surface area contributed by atoms with Gasteiger partial charge in [0, 0.05) is 7.05 Å². The van der Waals surface area contributed by atoms with E-state index < -0.39 is 0 Å². The molecule has 0 radical (unpaired) electrons. The van der Waals surface area contributed by atoms with Crippen LogP contribution in [0.25, 0.3) is 0 Å². The second-order valence-corrected chi connectivity index (χ2v) is 4.31. The Labute approximate surface area is 113 Å². The number of nitrogens with one attached hydrogen (secondary N) is 1. The molecule has 94 valence electrons. The summed E-state index contributed by atoms with van der Waals surface area (Å²) in [6.45, 7) is 1.80. The van der Waals surface area contributed by atoms with Crippen molar-refractivity contribution < 1.29 is 4.79 Å². The van der Waals surface area contributed by atoms with Crippen LogP contribution in [0, 0.1) is 6.92 Å². The predicted molar refractivity (Wildman–Crippen MR) is 68.0 cm³/mol. The van der Waals surface area contributed by atoms with Crippen LogP contribution < -0.4 is 5.32 Å². The number of aryl methyl sites for hydroxylation is 2. The minimum atomic E-state index is -0.366. The number of carbonyl (C=O) groups excluding carboxylic acids is 1. The zero-order valence-corrected chi connectivity index (χ0v) is 11.1. The Morgan fingerprint density at radius 1 is 1.39 bits per heavy atom. The van der Waals surface area contributed by atoms with Crippen molar-refractivity contribution in [2.75, 3.05) is 5.32 Å². The molecule has 1 N–H and O–H groups in total. The number of hydrogen-bond donors (Lipinski definition) is 1. The van der Waals surface area contributed by atoms with Gasteiger partial charge in [-0.2, -0.15) is 5.10 Å². The van der Waals surface area contributed by atoms with Crippen LogP contribution in [-0.4, -0.2) is 25.7 Å². The van der Waals surface area contributed by atoms with Crippen LogP contribution in [0.15, 0.2) is 12.4 Å². The number of carbonyl (C=O) groups is 1. The van der Waals surface area contributed by atoms with E-state index in [9.17, 15) is 4.79 Å². The maximum absolute atomic E-state index is 12.0. The summed E-state index contributed by atoms with van der Waals surface area (Å²) < 4.78 is 1.47. The van der Waals surface area contributed by atoms with Crippen molar-refractivity contribution in [2.45, 2.75) is 6.92 Å². The first-order chi connectivity index (χ1) is 8.49. The second kappa shape index (κ2) is 4.91. The first kappa shape index (κ1) is 12.8. The molecule has 2 aromatic rings. The summed E-state index contributed by atoms with van der Waals surface area (Å²) in [7, 11) is 1.68. The fourth-order valence-corrected chi connectivity index (χ4v) is 1.71. The summed E-state index contributed by atoms with van der Waals surface area (Å²) in [4.78, 5) is 19.5. The van der Waals surface area contributed by atoms with E-state index in [0.29, 0.717) is 5.69 Å². The van der Waals surface area contributed by atoms with E-state index in [0.717, 1.165) is 5.69 Å². The molecule has 2 aromatic heterocycles. The minimum Gasteiger partial charge on any atom is -0.304 e. The lowest BCUT2D eigenvalue weighted by Crippen LogP contribution is -2.17. The number of aromatic nitrogens is 4. The quantitative estimate of drug-likeness (QED) is 0.858. The molecule has 0 unspecified atom stereocenters. The lowest BCUT2D eigenvalue weighted by Gasteiger charge is -2.06.